The molecule has 1 unspecified atom stereocenters. The largest absolute Gasteiger partial charge is 0.356 e. The van der Waals surface area contributed by atoms with Crippen LogP contribution in [-0.4, -0.2) is 64.4 Å². The van der Waals surface area contributed by atoms with Crippen LogP contribution >= 0.6 is 0 Å². The zero-order valence-electron chi connectivity index (χ0n) is 18.4. The quantitative estimate of drug-likeness (QED) is 0.358. The molecule has 0 radical (unpaired) electrons. The molecule has 0 amide bonds. The van der Waals surface area contributed by atoms with Gasteiger partial charge in [0.05, 0.1) is 6.54 Å². The van der Waals surface area contributed by atoms with Crippen LogP contribution in [0.3, 0.4) is 0 Å². The first kappa shape index (κ1) is 21.8. The summed E-state index contributed by atoms with van der Waals surface area (Å²) >= 11 is 0. The number of allylic oxidation sites excluding steroid dienone is 1. The lowest BCUT2D eigenvalue weighted by Crippen LogP contribution is -2.41. The van der Waals surface area contributed by atoms with Crippen LogP contribution in [0.4, 0.5) is 0 Å². The number of aryl methyl sites for hydroxylation is 1. The molecular formula is C22H39N7. The van der Waals surface area contributed by atoms with E-state index in [-0.39, 0.29) is 0 Å². The van der Waals surface area contributed by atoms with Crippen molar-refractivity contribution >= 4 is 5.96 Å². The Balaban J connectivity index is 1.51. The summed E-state index contributed by atoms with van der Waals surface area (Å²) in [5.74, 6) is 1.97. The van der Waals surface area contributed by atoms with Crippen molar-refractivity contribution in [3.05, 3.63) is 23.8 Å². The molecule has 7 nitrogen and oxygen atoms in total. The van der Waals surface area contributed by atoms with Gasteiger partial charge in [-0.15, -0.1) is 10.2 Å². The zero-order valence-corrected chi connectivity index (χ0v) is 18.4. The van der Waals surface area contributed by atoms with Gasteiger partial charge in [-0.1, -0.05) is 25.5 Å². The number of likely N-dealkylation sites (tertiary alicyclic amines) is 1. The predicted molar refractivity (Wildman–Crippen MR) is 119 cm³/mol. The molecule has 1 atom stereocenters. The van der Waals surface area contributed by atoms with E-state index in [0.29, 0.717) is 6.04 Å². The van der Waals surface area contributed by atoms with Crippen molar-refractivity contribution in [1.82, 2.24) is 30.3 Å². The summed E-state index contributed by atoms with van der Waals surface area (Å²) in [7, 11) is 0. The second kappa shape index (κ2) is 12.0. The van der Waals surface area contributed by atoms with E-state index in [9.17, 15) is 0 Å². The van der Waals surface area contributed by atoms with Crippen LogP contribution < -0.4 is 10.6 Å². The van der Waals surface area contributed by atoms with E-state index in [2.05, 4.69) is 50.2 Å². The number of hydrogen-bond donors (Lipinski definition) is 2. The third kappa shape index (κ3) is 6.84. The fourth-order valence-corrected chi connectivity index (χ4v) is 4.40. The molecule has 1 aliphatic carbocycles. The molecule has 0 saturated carbocycles. The number of nitrogens with one attached hydrogen (secondary N) is 2. The minimum Gasteiger partial charge on any atom is -0.356 e. The van der Waals surface area contributed by atoms with Gasteiger partial charge >= 0.3 is 0 Å². The van der Waals surface area contributed by atoms with Crippen molar-refractivity contribution in [1.29, 1.82) is 0 Å². The van der Waals surface area contributed by atoms with E-state index in [4.69, 9.17) is 4.99 Å². The van der Waals surface area contributed by atoms with E-state index >= 15 is 0 Å². The van der Waals surface area contributed by atoms with Gasteiger partial charge in [-0.3, -0.25) is 9.89 Å². The lowest BCUT2D eigenvalue weighted by Gasteiger charge is -2.22. The van der Waals surface area contributed by atoms with Crippen molar-refractivity contribution < 1.29 is 0 Å². The number of likely N-dealkylation sites (N-methyl/N-ethyl adjacent to an activating group) is 1. The van der Waals surface area contributed by atoms with Gasteiger partial charge < -0.3 is 15.2 Å². The Morgan fingerprint density at radius 3 is 2.90 bits per heavy atom. The Morgan fingerprint density at radius 2 is 2.10 bits per heavy atom. The Labute approximate surface area is 176 Å². The third-order valence-electron chi connectivity index (χ3n) is 6.15. The van der Waals surface area contributed by atoms with Gasteiger partial charge in [-0.25, -0.2) is 0 Å². The fourth-order valence-electron chi connectivity index (χ4n) is 4.40. The highest BCUT2D eigenvalue weighted by Crippen LogP contribution is 2.19. The Bertz CT molecular complexity index is 664. The number of nitrogens with zero attached hydrogens (tertiary/aromatic N) is 5. The molecule has 2 N–H and O–H groups in total. The van der Waals surface area contributed by atoms with Crippen LogP contribution in [0.25, 0.3) is 0 Å². The molecule has 3 rings (SSSR count). The third-order valence-corrected chi connectivity index (χ3v) is 6.15. The molecule has 162 valence electrons. The first-order valence-corrected chi connectivity index (χ1v) is 11.6. The number of aromatic nitrogens is 3. The van der Waals surface area contributed by atoms with Crippen molar-refractivity contribution in [3.63, 3.8) is 0 Å². The van der Waals surface area contributed by atoms with Crippen LogP contribution in [0.5, 0.6) is 0 Å². The topological polar surface area (TPSA) is 70.4 Å². The normalized spacial score (nSPS) is 20.7. The molecule has 2 heterocycles. The van der Waals surface area contributed by atoms with Crippen LogP contribution in [0, 0.1) is 0 Å². The smallest absolute Gasteiger partial charge is 0.191 e. The highest BCUT2D eigenvalue weighted by Gasteiger charge is 2.22. The minimum absolute atomic E-state index is 0.587. The Morgan fingerprint density at radius 1 is 1.21 bits per heavy atom. The van der Waals surface area contributed by atoms with Gasteiger partial charge in [0.25, 0.3) is 0 Å². The molecular weight excluding hydrogens is 362 g/mol. The average Bonchev–Trinajstić information content (AvgIpc) is 3.41. The first-order chi connectivity index (χ1) is 14.3. The number of rotatable bonds is 10. The van der Waals surface area contributed by atoms with E-state index in [0.717, 1.165) is 57.3 Å². The molecule has 7 heteroatoms. The Hall–Kier alpha value is -1.89. The standard InChI is InChI=1S/C22H39N7/c1-3-21-27-26-18-29(21)16-14-24-22(23-13-12-19-9-6-5-7-10-19)25-17-20-11-8-15-28(20)4-2/h9,18,20H,3-8,10-17H2,1-2H3,(H2,23,24,25). The van der Waals surface area contributed by atoms with Gasteiger partial charge in [0.15, 0.2) is 5.96 Å². The average molecular weight is 402 g/mol. The van der Waals surface area contributed by atoms with Crippen molar-refractivity contribution in [2.75, 3.05) is 32.7 Å². The molecule has 0 bridgehead atoms. The van der Waals surface area contributed by atoms with Gasteiger partial charge in [0.1, 0.15) is 12.2 Å². The van der Waals surface area contributed by atoms with Crippen molar-refractivity contribution in [3.8, 4) is 0 Å². The number of hydrogen-bond acceptors (Lipinski definition) is 4. The highest BCUT2D eigenvalue weighted by atomic mass is 15.3. The minimum atomic E-state index is 0.587. The van der Waals surface area contributed by atoms with Gasteiger partial charge in [-0.2, -0.15) is 0 Å². The maximum Gasteiger partial charge on any atom is 0.191 e. The summed E-state index contributed by atoms with van der Waals surface area (Å²) < 4.78 is 2.12. The molecule has 29 heavy (non-hydrogen) atoms. The van der Waals surface area contributed by atoms with E-state index < -0.39 is 0 Å². The maximum atomic E-state index is 4.94. The van der Waals surface area contributed by atoms with E-state index in [1.165, 1.54) is 45.1 Å². The van der Waals surface area contributed by atoms with E-state index in [1.54, 1.807) is 5.57 Å². The molecule has 0 spiro atoms. The lowest BCUT2D eigenvalue weighted by atomic mass is 9.97. The summed E-state index contributed by atoms with van der Waals surface area (Å²) in [6.45, 7) is 10.2. The van der Waals surface area contributed by atoms with Gasteiger partial charge in [0.2, 0.25) is 0 Å². The Kier molecular flexibility index (Phi) is 8.99. The monoisotopic (exact) mass is 401 g/mol. The number of aliphatic imine (C=N–C) groups is 1. The fraction of sp³-hybridized carbons (Fsp3) is 0.773. The summed E-state index contributed by atoms with van der Waals surface area (Å²) in [5, 5.41) is 15.3. The zero-order chi connectivity index (χ0) is 20.3. The van der Waals surface area contributed by atoms with Gasteiger partial charge in [0, 0.05) is 32.1 Å². The molecule has 1 aliphatic heterocycles. The first-order valence-electron chi connectivity index (χ1n) is 11.6. The summed E-state index contributed by atoms with van der Waals surface area (Å²) in [5.41, 5.74) is 1.60. The van der Waals surface area contributed by atoms with E-state index in [1.807, 2.05) is 6.33 Å². The molecule has 1 saturated heterocycles. The molecule has 1 fully saturated rings. The van der Waals surface area contributed by atoms with Crippen molar-refractivity contribution in [2.45, 2.75) is 77.8 Å². The predicted octanol–water partition coefficient (Wildman–Crippen LogP) is 2.75. The lowest BCUT2D eigenvalue weighted by molar-refractivity contribution is 0.273. The maximum absolute atomic E-state index is 4.94. The van der Waals surface area contributed by atoms with Crippen LogP contribution in [0.15, 0.2) is 23.0 Å². The van der Waals surface area contributed by atoms with Gasteiger partial charge in [-0.05, 0) is 58.0 Å². The summed E-state index contributed by atoms with van der Waals surface area (Å²) in [4.78, 5) is 7.49. The second-order valence-electron chi connectivity index (χ2n) is 8.12. The van der Waals surface area contributed by atoms with Crippen LogP contribution in [-0.2, 0) is 13.0 Å². The molecule has 0 aromatic carbocycles. The summed E-state index contributed by atoms with van der Waals surface area (Å²) in [6, 6.07) is 0.587. The highest BCUT2D eigenvalue weighted by molar-refractivity contribution is 5.79. The second-order valence-corrected chi connectivity index (χ2v) is 8.12. The molecule has 2 aliphatic rings. The van der Waals surface area contributed by atoms with Crippen LogP contribution in [0.2, 0.25) is 0 Å². The SMILES string of the molecule is CCc1nncn1CCNC(=NCC1CCCN1CC)NCCC1=CCCCC1. The molecule has 1 aromatic rings. The van der Waals surface area contributed by atoms with Crippen LogP contribution in [0.1, 0.15) is 64.6 Å². The molecule has 1 aromatic heterocycles. The summed E-state index contributed by atoms with van der Waals surface area (Å²) in [6.07, 6.45) is 14.1. The van der Waals surface area contributed by atoms with Crippen molar-refractivity contribution in [2.24, 2.45) is 4.99 Å². The number of guanidine groups is 1.